The van der Waals surface area contributed by atoms with Gasteiger partial charge in [-0.2, -0.15) is 0 Å². The number of hydrogen-bond acceptors (Lipinski definition) is 7. The summed E-state index contributed by atoms with van der Waals surface area (Å²) in [5.41, 5.74) is -4.31. The second-order valence-corrected chi connectivity index (χ2v) is 6.56. The molecule has 0 aromatic rings. The van der Waals surface area contributed by atoms with Crippen molar-refractivity contribution in [2.75, 3.05) is 6.61 Å². The number of carbonyl (C=O) groups excluding carboxylic acids is 2. The average molecular weight is 296 g/mol. The lowest BCUT2D eigenvalue weighted by molar-refractivity contribution is -0.159. The summed E-state index contributed by atoms with van der Waals surface area (Å²) < 4.78 is 10.5. The van der Waals surface area contributed by atoms with Gasteiger partial charge >= 0.3 is 5.97 Å². The smallest absolute Gasteiger partial charge is 0.317 e. The van der Waals surface area contributed by atoms with E-state index in [2.05, 4.69) is 0 Å². The van der Waals surface area contributed by atoms with Crippen LogP contribution in [0.5, 0.6) is 0 Å². The van der Waals surface area contributed by atoms with Gasteiger partial charge in [-0.3, -0.25) is 9.59 Å². The van der Waals surface area contributed by atoms with Crippen molar-refractivity contribution in [1.82, 2.24) is 0 Å². The van der Waals surface area contributed by atoms with Gasteiger partial charge in [0.25, 0.3) is 0 Å². The minimum Gasteiger partial charge on any atom is -0.456 e. The maximum Gasteiger partial charge on any atom is 0.317 e. The van der Waals surface area contributed by atoms with Crippen LogP contribution in [-0.4, -0.2) is 63.2 Å². The molecule has 3 fully saturated rings. The zero-order valence-electron chi connectivity index (χ0n) is 11.6. The van der Waals surface area contributed by atoms with Gasteiger partial charge < -0.3 is 24.8 Å². The lowest BCUT2D eigenvalue weighted by Crippen LogP contribution is -2.63. The van der Waals surface area contributed by atoms with E-state index in [0.717, 1.165) is 0 Å². The predicted octanol–water partition coefficient (Wildman–Crippen LogP) is -1.70. The fraction of sp³-hybridized carbons (Fsp3) is 0.714. The molecule has 0 amide bonds. The molecule has 21 heavy (non-hydrogen) atoms. The summed E-state index contributed by atoms with van der Waals surface area (Å²) in [6.07, 6.45) is -2.39. The highest BCUT2D eigenvalue weighted by Crippen LogP contribution is 2.69. The normalized spacial score (nSPS) is 57.0. The van der Waals surface area contributed by atoms with E-state index in [1.807, 2.05) is 0 Å². The Morgan fingerprint density at radius 2 is 2.05 bits per heavy atom. The van der Waals surface area contributed by atoms with Crippen LogP contribution in [0.25, 0.3) is 0 Å². The first-order chi connectivity index (χ1) is 9.71. The number of rotatable bonds is 1. The van der Waals surface area contributed by atoms with E-state index in [4.69, 9.17) is 9.47 Å². The summed E-state index contributed by atoms with van der Waals surface area (Å²) in [5, 5.41) is 32.2. The van der Waals surface area contributed by atoms with Gasteiger partial charge in [-0.25, -0.2) is 0 Å². The highest BCUT2D eigenvalue weighted by molar-refractivity contribution is 6.01. The molecular formula is C14H16O7. The fourth-order valence-corrected chi connectivity index (χ4v) is 4.57. The molecule has 0 aromatic carbocycles. The highest BCUT2D eigenvalue weighted by atomic mass is 16.6. The molecule has 0 aromatic heterocycles. The first kappa shape index (κ1) is 13.4. The molecule has 7 atom stereocenters. The van der Waals surface area contributed by atoms with Crippen LogP contribution in [-0.2, 0) is 19.1 Å². The number of aliphatic hydroxyl groups excluding tert-OH is 2. The molecule has 0 radical (unpaired) electrons. The third-order valence-corrected chi connectivity index (χ3v) is 5.93. The Bertz CT molecular complexity index is 606. The molecule has 1 saturated carbocycles. The molecule has 4 aliphatic rings. The standard InChI is InChI=1S/C14H16O7/c1-5(15)6-3-7(16)12(2)13(4-20-13)9(17)10-14(12,19)8(6)11(18)21-10/h3,7-10,16-17,19H,4H2,1-2H3. The number of ether oxygens (including phenoxy) is 2. The van der Waals surface area contributed by atoms with Crippen molar-refractivity contribution in [3.63, 3.8) is 0 Å². The maximum atomic E-state index is 12.1. The zero-order chi connectivity index (χ0) is 15.4. The van der Waals surface area contributed by atoms with Crippen molar-refractivity contribution in [2.45, 2.75) is 43.4 Å². The number of aliphatic hydroxyl groups is 3. The number of esters is 1. The highest BCUT2D eigenvalue weighted by Gasteiger charge is 2.88. The summed E-state index contributed by atoms with van der Waals surface area (Å²) in [6.45, 7) is 2.99. The number of carbonyl (C=O) groups is 2. The Kier molecular flexibility index (Phi) is 2.15. The van der Waals surface area contributed by atoms with Gasteiger partial charge in [0.05, 0.1) is 18.1 Å². The SMILES string of the molecule is CC(=O)C1=CC(O)C2(C)C3(CO3)C(O)C3OC(=O)C1C32O. The molecule has 2 aliphatic carbocycles. The average Bonchev–Trinajstić information content (AvgIpc) is 3.14. The van der Waals surface area contributed by atoms with Gasteiger partial charge in [-0.1, -0.05) is 6.92 Å². The third kappa shape index (κ3) is 1.08. The van der Waals surface area contributed by atoms with Gasteiger partial charge in [0, 0.05) is 5.57 Å². The molecule has 3 N–H and O–H groups in total. The lowest BCUT2D eigenvalue weighted by atomic mass is 9.57. The molecule has 2 aliphatic heterocycles. The summed E-state index contributed by atoms with van der Waals surface area (Å²) in [7, 11) is 0. The molecule has 7 nitrogen and oxygen atoms in total. The van der Waals surface area contributed by atoms with E-state index >= 15 is 0 Å². The van der Waals surface area contributed by atoms with E-state index in [-0.39, 0.29) is 12.2 Å². The summed E-state index contributed by atoms with van der Waals surface area (Å²) in [5.74, 6) is -2.37. The first-order valence-corrected chi connectivity index (χ1v) is 6.87. The summed E-state index contributed by atoms with van der Waals surface area (Å²) >= 11 is 0. The Morgan fingerprint density at radius 3 is 2.57 bits per heavy atom. The Labute approximate surface area is 120 Å². The van der Waals surface area contributed by atoms with Crippen LogP contribution in [0.4, 0.5) is 0 Å². The molecule has 2 heterocycles. The quantitative estimate of drug-likeness (QED) is 0.390. The second kappa shape index (κ2) is 3.38. The van der Waals surface area contributed by atoms with E-state index in [0.29, 0.717) is 0 Å². The number of epoxide rings is 1. The van der Waals surface area contributed by atoms with Gasteiger partial charge in [-0.05, 0) is 13.0 Å². The van der Waals surface area contributed by atoms with E-state index < -0.39 is 52.6 Å². The summed E-state index contributed by atoms with van der Waals surface area (Å²) in [6, 6.07) is 0. The third-order valence-electron chi connectivity index (χ3n) is 5.93. The Morgan fingerprint density at radius 1 is 1.43 bits per heavy atom. The monoisotopic (exact) mass is 296 g/mol. The minimum absolute atomic E-state index is 0.0277. The summed E-state index contributed by atoms with van der Waals surface area (Å²) in [4.78, 5) is 23.9. The predicted molar refractivity (Wildman–Crippen MR) is 65.9 cm³/mol. The molecule has 0 bridgehead atoms. The minimum atomic E-state index is -1.87. The van der Waals surface area contributed by atoms with Crippen molar-refractivity contribution >= 4 is 11.8 Å². The Hall–Kier alpha value is -1.28. The van der Waals surface area contributed by atoms with E-state index in [9.17, 15) is 24.9 Å². The fourth-order valence-electron chi connectivity index (χ4n) is 4.57. The molecule has 2 saturated heterocycles. The zero-order valence-corrected chi connectivity index (χ0v) is 11.6. The maximum absolute atomic E-state index is 12.1. The number of Topliss-reactive ketones (excluding diaryl/α,β-unsaturated/α-hetero) is 1. The van der Waals surface area contributed by atoms with Crippen LogP contribution in [0.15, 0.2) is 11.6 Å². The molecule has 114 valence electrons. The van der Waals surface area contributed by atoms with Crippen LogP contribution in [0.3, 0.4) is 0 Å². The van der Waals surface area contributed by atoms with E-state index in [1.165, 1.54) is 13.0 Å². The molecular weight excluding hydrogens is 280 g/mol. The van der Waals surface area contributed by atoms with Crippen molar-refractivity contribution in [3.8, 4) is 0 Å². The van der Waals surface area contributed by atoms with Gasteiger partial charge in [0.15, 0.2) is 11.9 Å². The topological polar surface area (TPSA) is 117 Å². The van der Waals surface area contributed by atoms with Crippen molar-refractivity contribution in [3.05, 3.63) is 11.6 Å². The first-order valence-electron chi connectivity index (χ1n) is 6.87. The van der Waals surface area contributed by atoms with Crippen LogP contribution in [0.1, 0.15) is 13.8 Å². The largest absolute Gasteiger partial charge is 0.456 e. The van der Waals surface area contributed by atoms with Crippen LogP contribution < -0.4 is 0 Å². The molecule has 7 unspecified atom stereocenters. The number of hydrogen-bond donors (Lipinski definition) is 3. The van der Waals surface area contributed by atoms with Crippen molar-refractivity contribution in [1.29, 1.82) is 0 Å². The number of fused-ring (bicyclic) bond motifs is 1. The van der Waals surface area contributed by atoms with Gasteiger partial charge in [0.2, 0.25) is 0 Å². The van der Waals surface area contributed by atoms with Gasteiger partial charge in [0.1, 0.15) is 23.2 Å². The molecule has 7 heteroatoms. The van der Waals surface area contributed by atoms with Gasteiger partial charge in [-0.15, -0.1) is 0 Å². The molecule has 4 rings (SSSR count). The molecule has 1 spiro atoms. The Balaban J connectivity index is 2.00. The van der Waals surface area contributed by atoms with Crippen molar-refractivity contribution in [2.24, 2.45) is 11.3 Å². The van der Waals surface area contributed by atoms with Crippen LogP contribution in [0.2, 0.25) is 0 Å². The lowest BCUT2D eigenvalue weighted by Gasteiger charge is -2.48. The van der Waals surface area contributed by atoms with Crippen LogP contribution in [0, 0.1) is 11.3 Å². The van der Waals surface area contributed by atoms with Crippen LogP contribution >= 0.6 is 0 Å². The van der Waals surface area contributed by atoms with E-state index in [1.54, 1.807) is 6.92 Å². The second-order valence-electron chi connectivity index (χ2n) is 6.56. The van der Waals surface area contributed by atoms with Crippen molar-refractivity contribution < 1.29 is 34.4 Å². The number of ketones is 1.